The lowest BCUT2D eigenvalue weighted by molar-refractivity contribution is 0.949. The van der Waals surface area contributed by atoms with Crippen molar-refractivity contribution in [2.45, 2.75) is 19.9 Å². The summed E-state index contributed by atoms with van der Waals surface area (Å²) in [5.41, 5.74) is 2.77. The van der Waals surface area contributed by atoms with Gasteiger partial charge in [0.05, 0.1) is 23.9 Å². The molecule has 0 fully saturated rings. The standard InChI is InChI=1S/C11H14ClN5S/c1-2-3-13-11-15-5-9(12)10(17-11)14-4-8-6-18-7-16-8/h5-7H,2-4H2,1H3,(H2,13,14,15,17). The molecule has 0 aliphatic carbocycles. The van der Waals surface area contributed by atoms with E-state index in [9.17, 15) is 0 Å². The van der Waals surface area contributed by atoms with E-state index < -0.39 is 0 Å². The molecule has 2 heterocycles. The smallest absolute Gasteiger partial charge is 0.224 e. The number of anilines is 2. The Labute approximate surface area is 115 Å². The first kappa shape index (κ1) is 13.0. The third kappa shape index (κ3) is 3.54. The summed E-state index contributed by atoms with van der Waals surface area (Å²) in [5.74, 6) is 1.21. The molecule has 0 saturated heterocycles. The van der Waals surface area contributed by atoms with Crippen LogP contribution >= 0.6 is 22.9 Å². The van der Waals surface area contributed by atoms with Gasteiger partial charge in [0.2, 0.25) is 5.95 Å². The van der Waals surface area contributed by atoms with Crippen molar-refractivity contribution in [3.63, 3.8) is 0 Å². The lowest BCUT2D eigenvalue weighted by atomic mass is 10.4. The Morgan fingerprint density at radius 2 is 2.22 bits per heavy atom. The van der Waals surface area contributed by atoms with Crippen molar-refractivity contribution in [3.05, 3.63) is 27.8 Å². The fraction of sp³-hybridized carbons (Fsp3) is 0.364. The summed E-state index contributed by atoms with van der Waals surface area (Å²) in [5, 5.41) is 8.77. The molecule has 0 aromatic carbocycles. The first-order valence-electron chi connectivity index (χ1n) is 5.67. The van der Waals surface area contributed by atoms with Gasteiger partial charge >= 0.3 is 0 Å². The number of nitrogens with zero attached hydrogens (tertiary/aromatic N) is 3. The van der Waals surface area contributed by atoms with Gasteiger partial charge in [-0.2, -0.15) is 4.98 Å². The van der Waals surface area contributed by atoms with Crippen molar-refractivity contribution in [1.29, 1.82) is 0 Å². The molecule has 2 aromatic rings. The van der Waals surface area contributed by atoms with E-state index in [-0.39, 0.29) is 0 Å². The van der Waals surface area contributed by atoms with Crippen molar-refractivity contribution in [2.24, 2.45) is 0 Å². The van der Waals surface area contributed by atoms with E-state index in [4.69, 9.17) is 11.6 Å². The molecular formula is C11H14ClN5S. The van der Waals surface area contributed by atoms with Gasteiger partial charge in [-0.1, -0.05) is 18.5 Å². The maximum absolute atomic E-state index is 6.04. The van der Waals surface area contributed by atoms with Crippen molar-refractivity contribution in [1.82, 2.24) is 15.0 Å². The number of hydrogen-bond acceptors (Lipinski definition) is 6. The van der Waals surface area contributed by atoms with Crippen LogP contribution in [0.15, 0.2) is 17.1 Å². The largest absolute Gasteiger partial charge is 0.363 e. The van der Waals surface area contributed by atoms with Gasteiger partial charge in [0.15, 0.2) is 5.82 Å². The molecular weight excluding hydrogens is 270 g/mol. The summed E-state index contributed by atoms with van der Waals surface area (Å²) < 4.78 is 0. The molecule has 2 N–H and O–H groups in total. The van der Waals surface area contributed by atoms with Crippen LogP contribution < -0.4 is 10.6 Å². The van der Waals surface area contributed by atoms with Crippen LogP contribution in [0.25, 0.3) is 0 Å². The summed E-state index contributed by atoms with van der Waals surface area (Å²) in [6.45, 7) is 3.53. The topological polar surface area (TPSA) is 62.7 Å². The van der Waals surface area contributed by atoms with Crippen LogP contribution in [-0.2, 0) is 6.54 Å². The Bertz CT molecular complexity index is 488. The normalized spacial score (nSPS) is 10.3. The highest BCUT2D eigenvalue weighted by Gasteiger charge is 2.05. The minimum absolute atomic E-state index is 0.507. The van der Waals surface area contributed by atoms with E-state index >= 15 is 0 Å². The molecule has 0 atom stereocenters. The summed E-state index contributed by atoms with van der Waals surface area (Å²) in [4.78, 5) is 12.6. The van der Waals surface area contributed by atoms with E-state index in [1.165, 1.54) is 0 Å². The van der Waals surface area contributed by atoms with Crippen LogP contribution in [0.4, 0.5) is 11.8 Å². The molecule has 96 valence electrons. The Morgan fingerprint density at radius 1 is 1.33 bits per heavy atom. The maximum Gasteiger partial charge on any atom is 0.224 e. The van der Waals surface area contributed by atoms with Crippen LogP contribution in [0.2, 0.25) is 5.02 Å². The minimum Gasteiger partial charge on any atom is -0.363 e. The van der Waals surface area contributed by atoms with Gasteiger partial charge in [0, 0.05) is 11.9 Å². The Morgan fingerprint density at radius 3 is 2.94 bits per heavy atom. The van der Waals surface area contributed by atoms with Crippen molar-refractivity contribution >= 4 is 34.7 Å². The van der Waals surface area contributed by atoms with Gasteiger partial charge in [0.25, 0.3) is 0 Å². The second kappa shape index (κ2) is 6.51. The van der Waals surface area contributed by atoms with Gasteiger partial charge in [-0.25, -0.2) is 9.97 Å². The predicted octanol–water partition coefficient (Wildman–Crippen LogP) is 3.02. The second-order valence-electron chi connectivity index (χ2n) is 3.65. The van der Waals surface area contributed by atoms with Gasteiger partial charge in [-0.05, 0) is 6.42 Å². The molecule has 18 heavy (non-hydrogen) atoms. The average Bonchev–Trinajstić information content (AvgIpc) is 2.89. The third-order valence-corrected chi connectivity index (χ3v) is 3.11. The average molecular weight is 284 g/mol. The number of thiazole rings is 1. The molecule has 0 bridgehead atoms. The zero-order valence-electron chi connectivity index (χ0n) is 9.98. The highest BCUT2D eigenvalue weighted by Crippen LogP contribution is 2.20. The van der Waals surface area contributed by atoms with E-state index in [0.29, 0.717) is 23.3 Å². The molecule has 0 spiro atoms. The van der Waals surface area contributed by atoms with E-state index in [1.807, 2.05) is 5.38 Å². The summed E-state index contributed by atoms with van der Waals surface area (Å²) in [6, 6.07) is 0. The molecule has 0 aliphatic heterocycles. The Balaban J connectivity index is 2.01. The van der Waals surface area contributed by atoms with Crippen molar-refractivity contribution in [3.8, 4) is 0 Å². The lowest BCUT2D eigenvalue weighted by Gasteiger charge is -2.08. The van der Waals surface area contributed by atoms with Gasteiger partial charge < -0.3 is 10.6 Å². The van der Waals surface area contributed by atoms with Crippen molar-refractivity contribution in [2.75, 3.05) is 17.2 Å². The molecule has 7 heteroatoms. The molecule has 2 rings (SSSR count). The zero-order valence-corrected chi connectivity index (χ0v) is 11.6. The summed E-state index contributed by atoms with van der Waals surface area (Å²) in [6.07, 6.45) is 2.61. The first-order valence-corrected chi connectivity index (χ1v) is 6.99. The fourth-order valence-corrected chi connectivity index (χ4v) is 2.03. The number of hydrogen-bond donors (Lipinski definition) is 2. The highest BCUT2D eigenvalue weighted by atomic mass is 35.5. The minimum atomic E-state index is 0.507. The van der Waals surface area contributed by atoms with E-state index in [2.05, 4.69) is 32.5 Å². The van der Waals surface area contributed by atoms with Crippen LogP contribution in [0.5, 0.6) is 0 Å². The molecule has 5 nitrogen and oxygen atoms in total. The fourth-order valence-electron chi connectivity index (χ4n) is 1.31. The lowest BCUT2D eigenvalue weighted by Crippen LogP contribution is -2.08. The predicted molar refractivity (Wildman–Crippen MR) is 75.3 cm³/mol. The van der Waals surface area contributed by atoms with E-state index in [1.54, 1.807) is 23.0 Å². The molecule has 2 aromatic heterocycles. The molecule has 0 saturated carbocycles. The van der Waals surface area contributed by atoms with Crippen molar-refractivity contribution < 1.29 is 0 Å². The number of aromatic nitrogens is 3. The van der Waals surface area contributed by atoms with Gasteiger partial charge in [-0.3, -0.25) is 0 Å². The van der Waals surface area contributed by atoms with Crippen LogP contribution in [-0.4, -0.2) is 21.5 Å². The summed E-state index contributed by atoms with van der Waals surface area (Å²) >= 11 is 7.60. The molecule has 0 unspecified atom stereocenters. The zero-order chi connectivity index (χ0) is 12.8. The molecule has 0 aliphatic rings. The van der Waals surface area contributed by atoms with Gasteiger partial charge in [-0.15, -0.1) is 11.3 Å². The molecule has 0 radical (unpaired) electrons. The quantitative estimate of drug-likeness (QED) is 0.853. The maximum atomic E-state index is 6.04. The second-order valence-corrected chi connectivity index (χ2v) is 4.78. The number of halogens is 1. The highest BCUT2D eigenvalue weighted by molar-refractivity contribution is 7.07. The van der Waals surface area contributed by atoms with E-state index in [0.717, 1.165) is 18.7 Å². The first-order chi connectivity index (χ1) is 8.79. The van der Waals surface area contributed by atoms with Gasteiger partial charge in [0.1, 0.15) is 5.02 Å². The van der Waals surface area contributed by atoms with Crippen LogP contribution in [0, 0.1) is 0 Å². The number of nitrogens with one attached hydrogen (secondary N) is 2. The Hall–Kier alpha value is -1.40. The summed E-state index contributed by atoms with van der Waals surface area (Å²) in [7, 11) is 0. The van der Waals surface area contributed by atoms with Crippen LogP contribution in [0.3, 0.4) is 0 Å². The monoisotopic (exact) mass is 283 g/mol. The number of rotatable bonds is 6. The van der Waals surface area contributed by atoms with Crippen LogP contribution in [0.1, 0.15) is 19.0 Å². The molecule has 0 amide bonds. The third-order valence-electron chi connectivity index (χ3n) is 2.20. The SMILES string of the molecule is CCCNc1ncc(Cl)c(NCc2cscn2)n1. The Kier molecular flexibility index (Phi) is 4.72.